The van der Waals surface area contributed by atoms with Crippen molar-refractivity contribution in [2.45, 2.75) is 24.7 Å². The zero-order valence-corrected chi connectivity index (χ0v) is 9.70. The lowest BCUT2D eigenvalue weighted by atomic mass is 10.2. The molecule has 0 saturated heterocycles. The Bertz CT molecular complexity index is 312. The smallest absolute Gasteiger partial charge is 0.151 e. The van der Waals surface area contributed by atoms with Crippen LogP contribution in [-0.4, -0.2) is 12.0 Å². The monoisotopic (exact) mass is 228 g/mol. The molecule has 0 aliphatic rings. The van der Waals surface area contributed by atoms with E-state index >= 15 is 0 Å². The molecular formula is C11H13ClOS. The summed E-state index contributed by atoms with van der Waals surface area (Å²) >= 11 is 7.67. The van der Waals surface area contributed by atoms with E-state index in [0.29, 0.717) is 10.6 Å². The Morgan fingerprint density at radius 2 is 2.29 bits per heavy atom. The summed E-state index contributed by atoms with van der Waals surface area (Å²) in [4.78, 5) is 11.7. The number of aldehydes is 1. The van der Waals surface area contributed by atoms with E-state index in [9.17, 15) is 4.79 Å². The van der Waals surface area contributed by atoms with Crippen LogP contribution in [0.5, 0.6) is 0 Å². The third-order valence-corrected chi connectivity index (χ3v) is 3.53. The van der Waals surface area contributed by atoms with Crippen LogP contribution in [0.25, 0.3) is 0 Å². The fourth-order valence-electron chi connectivity index (χ4n) is 1.09. The van der Waals surface area contributed by atoms with Crippen LogP contribution in [-0.2, 0) is 0 Å². The van der Waals surface area contributed by atoms with Gasteiger partial charge in [-0.2, -0.15) is 0 Å². The van der Waals surface area contributed by atoms with E-state index in [4.69, 9.17) is 11.6 Å². The first-order chi connectivity index (χ1) is 6.79. The standard InChI is InChI=1S/C11H13ClOS/c1-2-3-7-14-11-9(8-13)5-4-6-10(11)12/h4-6,8H,2-3,7H2,1H3. The highest BCUT2D eigenvalue weighted by molar-refractivity contribution is 7.99. The topological polar surface area (TPSA) is 17.1 Å². The molecule has 3 heteroatoms. The van der Waals surface area contributed by atoms with Crippen molar-refractivity contribution in [1.82, 2.24) is 0 Å². The molecule has 1 nitrogen and oxygen atoms in total. The van der Waals surface area contributed by atoms with Gasteiger partial charge in [0, 0.05) is 10.5 Å². The van der Waals surface area contributed by atoms with Crippen molar-refractivity contribution in [3.05, 3.63) is 28.8 Å². The first-order valence-electron chi connectivity index (χ1n) is 4.66. The Labute approximate surface area is 93.8 Å². The van der Waals surface area contributed by atoms with E-state index in [1.165, 1.54) is 0 Å². The van der Waals surface area contributed by atoms with Crippen LogP contribution < -0.4 is 0 Å². The van der Waals surface area contributed by atoms with Crippen LogP contribution in [0.2, 0.25) is 5.02 Å². The highest BCUT2D eigenvalue weighted by Gasteiger charge is 2.05. The highest BCUT2D eigenvalue weighted by Crippen LogP contribution is 2.30. The van der Waals surface area contributed by atoms with E-state index in [1.54, 1.807) is 23.9 Å². The molecule has 0 atom stereocenters. The van der Waals surface area contributed by atoms with Gasteiger partial charge in [0.05, 0.1) is 5.02 Å². The highest BCUT2D eigenvalue weighted by atomic mass is 35.5. The summed E-state index contributed by atoms with van der Waals surface area (Å²) in [5.74, 6) is 1.01. The lowest BCUT2D eigenvalue weighted by Gasteiger charge is -2.05. The number of unbranched alkanes of at least 4 members (excludes halogenated alkanes) is 1. The summed E-state index contributed by atoms with van der Waals surface area (Å²) in [7, 11) is 0. The normalized spacial score (nSPS) is 10.1. The fourth-order valence-corrected chi connectivity index (χ4v) is 2.56. The van der Waals surface area contributed by atoms with Gasteiger partial charge in [-0.05, 0) is 18.2 Å². The van der Waals surface area contributed by atoms with Crippen LogP contribution in [0.1, 0.15) is 30.1 Å². The van der Waals surface area contributed by atoms with Gasteiger partial charge < -0.3 is 0 Å². The van der Waals surface area contributed by atoms with Crippen molar-refractivity contribution in [2.75, 3.05) is 5.75 Å². The largest absolute Gasteiger partial charge is 0.298 e. The predicted octanol–water partition coefficient (Wildman–Crippen LogP) is 4.04. The van der Waals surface area contributed by atoms with Gasteiger partial charge in [0.15, 0.2) is 6.29 Å². The minimum Gasteiger partial charge on any atom is -0.298 e. The molecule has 0 spiro atoms. The molecule has 14 heavy (non-hydrogen) atoms. The van der Waals surface area contributed by atoms with Crippen LogP contribution in [0.3, 0.4) is 0 Å². The average Bonchev–Trinajstić information content (AvgIpc) is 2.20. The zero-order valence-electron chi connectivity index (χ0n) is 8.13. The van der Waals surface area contributed by atoms with E-state index < -0.39 is 0 Å². The van der Waals surface area contributed by atoms with Crippen LogP contribution >= 0.6 is 23.4 Å². The van der Waals surface area contributed by atoms with Gasteiger partial charge >= 0.3 is 0 Å². The number of hydrogen-bond donors (Lipinski definition) is 0. The number of halogens is 1. The van der Waals surface area contributed by atoms with Gasteiger partial charge in [-0.3, -0.25) is 4.79 Å². The van der Waals surface area contributed by atoms with Crippen molar-refractivity contribution in [1.29, 1.82) is 0 Å². The van der Waals surface area contributed by atoms with Gasteiger partial charge in [-0.1, -0.05) is 37.1 Å². The molecule has 0 heterocycles. The zero-order chi connectivity index (χ0) is 10.4. The first-order valence-corrected chi connectivity index (χ1v) is 6.02. The van der Waals surface area contributed by atoms with Gasteiger partial charge in [-0.25, -0.2) is 0 Å². The second kappa shape index (κ2) is 6.10. The Hall–Kier alpha value is -0.470. The number of benzene rings is 1. The van der Waals surface area contributed by atoms with Crippen molar-refractivity contribution in [2.24, 2.45) is 0 Å². The number of carbonyl (C=O) groups is 1. The maximum Gasteiger partial charge on any atom is 0.151 e. The summed E-state index contributed by atoms with van der Waals surface area (Å²) in [6.45, 7) is 2.15. The molecule has 0 N–H and O–H groups in total. The van der Waals surface area contributed by atoms with Crippen molar-refractivity contribution in [3.63, 3.8) is 0 Å². The van der Waals surface area contributed by atoms with Gasteiger partial charge in [0.1, 0.15) is 0 Å². The molecule has 0 amide bonds. The molecule has 1 aromatic rings. The van der Waals surface area contributed by atoms with Gasteiger partial charge in [-0.15, -0.1) is 11.8 Å². The fraction of sp³-hybridized carbons (Fsp3) is 0.364. The molecule has 0 radical (unpaired) electrons. The van der Waals surface area contributed by atoms with E-state index in [-0.39, 0.29) is 0 Å². The number of thioether (sulfide) groups is 1. The Kier molecular flexibility index (Phi) is 5.05. The van der Waals surface area contributed by atoms with Crippen molar-refractivity contribution in [3.8, 4) is 0 Å². The van der Waals surface area contributed by atoms with E-state index in [0.717, 1.165) is 29.8 Å². The Morgan fingerprint density at radius 3 is 2.93 bits per heavy atom. The molecule has 1 aromatic carbocycles. The number of hydrogen-bond acceptors (Lipinski definition) is 2. The Morgan fingerprint density at radius 1 is 1.50 bits per heavy atom. The summed E-state index contributed by atoms with van der Waals surface area (Å²) in [6, 6.07) is 5.42. The minimum absolute atomic E-state index is 0.677. The average molecular weight is 229 g/mol. The van der Waals surface area contributed by atoms with Crippen LogP contribution in [0.4, 0.5) is 0 Å². The summed E-state index contributed by atoms with van der Waals surface area (Å²) < 4.78 is 0. The maximum absolute atomic E-state index is 10.7. The molecule has 0 aliphatic heterocycles. The summed E-state index contributed by atoms with van der Waals surface area (Å²) in [5.41, 5.74) is 0.693. The molecule has 0 unspecified atom stereocenters. The minimum atomic E-state index is 0.677. The van der Waals surface area contributed by atoms with Crippen molar-refractivity contribution >= 4 is 29.6 Å². The Balaban J connectivity index is 2.77. The second-order valence-electron chi connectivity index (χ2n) is 2.98. The second-order valence-corrected chi connectivity index (χ2v) is 4.49. The molecule has 0 aliphatic carbocycles. The lowest BCUT2D eigenvalue weighted by molar-refractivity contribution is 0.112. The van der Waals surface area contributed by atoms with Crippen molar-refractivity contribution < 1.29 is 4.79 Å². The molecular weight excluding hydrogens is 216 g/mol. The van der Waals surface area contributed by atoms with Crippen LogP contribution in [0.15, 0.2) is 23.1 Å². The summed E-state index contributed by atoms with van der Waals surface area (Å²) in [6.07, 6.45) is 3.17. The molecule has 0 bridgehead atoms. The summed E-state index contributed by atoms with van der Waals surface area (Å²) in [5, 5.41) is 0.677. The number of rotatable bonds is 5. The molecule has 0 aromatic heterocycles. The van der Waals surface area contributed by atoms with E-state index in [1.807, 2.05) is 6.07 Å². The quantitative estimate of drug-likeness (QED) is 0.430. The lowest BCUT2D eigenvalue weighted by Crippen LogP contribution is -1.87. The molecule has 0 fully saturated rings. The maximum atomic E-state index is 10.7. The van der Waals surface area contributed by atoms with Gasteiger partial charge in [0.25, 0.3) is 0 Å². The third kappa shape index (κ3) is 3.03. The van der Waals surface area contributed by atoms with Gasteiger partial charge in [0.2, 0.25) is 0 Å². The molecule has 0 saturated carbocycles. The first kappa shape index (κ1) is 11.6. The molecule has 76 valence electrons. The number of carbonyl (C=O) groups excluding carboxylic acids is 1. The predicted molar refractivity (Wildman–Crippen MR) is 62.5 cm³/mol. The van der Waals surface area contributed by atoms with E-state index in [2.05, 4.69) is 6.92 Å². The molecule has 1 rings (SSSR count). The third-order valence-electron chi connectivity index (χ3n) is 1.87. The van der Waals surface area contributed by atoms with Crippen LogP contribution in [0, 0.1) is 0 Å². The SMILES string of the molecule is CCCCSc1c(Cl)cccc1C=O.